The summed E-state index contributed by atoms with van der Waals surface area (Å²) in [6.45, 7) is 4.36. The van der Waals surface area contributed by atoms with E-state index in [0.717, 1.165) is 28.0 Å². The largest absolute Gasteiger partial charge is 0.495 e. The zero-order valence-electron chi connectivity index (χ0n) is 19.3. The summed E-state index contributed by atoms with van der Waals surface area (Å²) in [6.07, 6.45) is 0. The van der Waals surface area contributed by atoms with Gasteiger partial charge in [-0.25, -0.2) is 4.79 Å². The first-order valence-corrected chi connectivity index (χ1v) is 11.4. The second-order valence-corrected chi connectivity index (χ2v) is 8.46. The maximum absolute atomic E-state index is 13.7. The van der Waals surface area contributed by atoms with E-state index >= 15 is 0 Å². The Balaban J connectivity index is 1.50. The third-order valence-electron chi connectivity index (χ3n) is 6.37. The third-order valence-corrected chi connectivity index (χ3v) is 6.37. The SMILES string of the molecule is COc1ccccc1N1CCN(C(=O)c2oc(=O)c3ccccc3c2-c2ccc(C)cc2)CC1. The van der Waals surface area contributed by atoms with Crippen molar-refractivity contribution in [3.05, 3.63) is 94.5 Å². The lowest BCUT2D eigenvalue weighted by Crippen LogP contribution is -2.49. The van der Waals surface area contributed by atoms with Crippen LogP contribution in [0.1, 0.15) is 16.1 Å². The van der Waals surface area contributed by atoms with E-state index in [1.165, 1.54) is 0 Å². The molecule has 6 nitrogen and oxygen atoms in total. The summed E-state index contributed by atoms with van der Waals surface area (Å²) in [5.74, 6) is 0.640. The molecule has 0 spiro atoms. The number of rotatable bonds is 4. The standard InChI is InChI=1S/C28H26N2O4/c1-19-11-13-20(14-12-19)25-21-7-3-4-8-22(21)28(32)34-26(25)27(31)30-17-15-29(16-18-30)23-9-5-6-10-24(23)33-2/h3-14H,15-18H2,1-2H3. The molecule has 1 saturated heterocycles. The molecule has 0 atom stereocenters. The minimum atomic E-state index is -0.498. The number of fused-ring (bicyclic) bond motifs is 1. The Bertz CT molecular complexity index is 1400. The zero-order chi connectivity index (χ0) is 23.7. The first-order valence-electron chi connectivity index (χ1n) is 11.4. The van der Waals surface area contributed by atoms with Crippen LogP contribution in [0.5, 0.6) is 5.75 Å². The smallest absolute Gasteiger partial charge is 0.344 e. The Morgan fingerprint density at radius 3 is 2.21 bits per heavy atom. The lowest BCUT2D eigenvalue weighted by molar-refractivity contribution is 0.0711. The second kappa shape index (κ2) is 9.06. The van der Waals surface area contributed by atoms with E-state index in [2.05, 4.69) is 4.90 Å². The molecule has 0 bridgehead atoms. The average Bonchev–Trinajstić information content (AvgIpc) is 2.89. The fourth-order valence-corrected chi connectivity index (χ4v) is 4.54. The van der Waals surface area contributed by atoms with E-state index in [-0.39, 0.29) is 11.7 Å². The van der Waals surface area contributed by atoms with Crippen LogP contribution < -0.4 is 15.3 Å². The second-order valence-electron chi connectivity index (χ2n) is 8.46. The molecule has 172 valence electrons. The number of carbonyl (C=O) groups is 1. The molecule has 0 saturated carbocycles. The van der Waals surface area contributed by atoms with Crippen LogP contribution in [0, 0.1) is 6.92 Å². The number of anilines is 1. The molecule has 6 heteroatoms. The lowest BCUT2D eigenvalue weighted by Gasteiger charge is -2.36. The Labute approximate surface area is 198 Å². The van der Waals surface area contributed by atoms with Crippen LogP contribution in [0.3, 0.4) is 0 Å². The Morgan fingerprint density at radius 1 is 0.853 bits per heavy atom. The van der Waals surface area contributed by atoms with Gasteiger partial charge in [0.2, 0.25) is 5.76 Å². The average molecular weight is 455 g/mol. The van der Waals surface area contributed by atoms with Crippen molar-refractivity contribution in [2.45, 2.75) is 6.92 Å². The molecule has 3 aromatic carbocycles. The normalized spacial score (nSPS) is 13.8. The van der Waals surface area contributed by atoms with Gasteiger partial charge in [-0.1, -0.05) is 60.2 Å². The summed E-state index contributed by atoms with van der Waals surface area (Å²) >= 11 is 0. The van der Waals surface area contributed by atoms with Crippen LogP contribution in [-0.2, 0) is 0 Å². The molecule has 0 N–H and O–H groups in total. The molecule has 0 radical (unpaired) electrons. The van der Waals surface area contributed by atoms with E-state index in [9.17, 15) is 9.59 Å². The number of hydrogen-bond acceptors (Lipinski definition) is 5. The lowest BCUT2D eigenvalue weighted by atomic mass is 9.97. The molecule has 34 heavy (non-hydrogen) atoms. The number of ether oxygens (including phenoxy) is 1. The monoisotopic (exact) mass is 454 g/mol. The summed E-state index contributed by atoms with van der Waals surface area (Å²) in [4.78, 5) is 30.4. The highest BCUT2D eigenvalue weighted by atomic mass is 16.5. The van der Waals surface area contributed by atoms with Gasteiger partial charge >= 0.3 is 5.63 Å². The number of hydrogen-bond donors (Lipinski definition) is 0. The molecule has 0 unspecified atom stereocenters. The first-order chi connectivity index (χ1) is 16.6. The number of benzene rings is 3. The van der Waals surface area contributed by atoms with Gasteiger partial charge < -0.3 is 19.0 Å². The fraction of sp³-hybridized carbons (Fsp3) is 0.214. The number of aryl methyl sites for hydroxylation is 1. The summed E-state index contributed by atoms with van der Waals surface area (Å²) in [6, 6.07) is 23.1. The van der Waals surface area contributed by atoms with Gasteiger partial charge in [0.1, 0.15) is 5.75 Å². The molecule has 2 heterocycles. The minimum Gasteiger partial charge on any atom is -0.495 e. The predicted octanol–water partition coefficient (Wildman–Crippen LogP) is 4.74. The molecule has 1 aliphatic heterocycles. The van der Waals surface area contributed by atoms with Crippen molar-refractivity contribution in [3.8, 4) is 16.9 Å². The van der Waals surface area contributed by atoms with E-state index in [4.69, 9.17) is 9.15 Å². The summed E-state index contributed by atoms with van der Waals surface area (Å²) < 4.78 is 11.2. The number of methoxy groups -OCH3 is 1. The van der Waals surface area contributed by atoms with Gasteiger partial charge in [0.25, 0.3) is 5.91 Å². The molecular formula is C28H26N2O4. The molecule has 1 amide bonds. The van der Waals surface area contributed by atoms with E-state index in [1.807, 2.05) is 67.6 Å². The van der Waals surface area contributed by atoms with Crippen molar-refractivity contribution in [3.63, 3.8) is 0 Å². The third kappa shape index (κ3) is 3.92. The fourth-order valence-electron chi connectivity index (χ4n) is 4.54. The maximum Gasteiger partial charge on any atom is 0.344 e. The van der Waals surface area contributed by atoms with E-state index in [1.54, 1.807) is 24.1 Å². The molecule has 1 aromatic heterocycles. The topological polar surface area (TPSA) is 63.0 Å². The number of piperazine rings is 1. The molecule has 1 fully saturated rings. The van der Waals surface area contributed by atoms with Gasteiger partial charge in [0, 0.05) is 37.1 Å². The predicted molar refractivity (Wildman–Crippen MR) is 134 cm³/mol. The maximum atomic E-state index is 13.7. The minimum absolute atomic E-state index is 0.0956. The molecule has 1 aliphatic rings. The highest BCUT2D eigenvalue weighted by Gasteiger charge is 2.29. The van der Waals surface area contributed by atoms with Gasteiger partial charge in [-0.3, -0.25) is 4.79 Å². The van der Waals surface area contributed by atoms with E-state index in [0.29, 0.717) is 37.1 Å². The number of nitrogens with zero attached hydrogens (tertiary/aromatic N) is 2. The molecule has 0 aliphatic carbocycles. The van der Waals surface area contributed by atoms with Gasteiger partial charge in [0.15, 0.2) is 0 Å². The van der Waals surface area contributed by atoms with Gasteiger partial charge in [-0.2, -0.15) is 0 Å². The van der Waals surface area contributed by atoms with Crippen molar-refractivity contribution >= 4 is 22.4 Å². The quantitative estimate of drug-likeness (QED) is 0.446. The van der Waals surface area contributed by atoms with Gasteiger partial charge in [-0.05, 0) is 30.7 Å². The van der Waals surface area contributed by atoms with Crippen LogP contribution in [0.15, 0.2) is 82.0 Å². The molecular weight excluding hydrogens is 428 g/mol. The highest BCUT2D eigenvalue weighted by molar-refractivity contribution is 6.07. The molecule has 5 rings (SSSR count). The van der Waals surface area contributed by atoms with Crippen molar-refractivity contribution in [1.29, 1.82) is 0 Å². The van der Waals surface area contributed by atoms with Crippen LogP contribution >= 0.6 is 0 Å². The Kier molecular flexibility index (Phi) is 5.80. The zero-order valence-corrected chi connectivity index (χ0v) is 19.3. The summed E-state index contributed by atoms with van der Waals surface area (Å²) in [7, 11) is 1.66. The highest BCUT2D eigenvalue weighted by Crippen LogP contribution is 2.33. The summed E-state index contributed by atoms with van der Waals surface area (Å²) in [5, 5.41) is 1.19. The Hall–Kier alpha value is -4.06. The Morgan fingerprint density at radius 2 is 1.50 bits per heavy atom. The van der Waals surface area contributed by atoms with Crippen LogP contribution in [0.4, 0.5) is 5.69 Å². The molecule has 4 aromatic rings. The number of para-hydroxylation sites is 2. The summed E-state index contributed by atoms with van der Waals surface area (Å²) in [5.41, 5.74) is 3.14. The van der Waals surface area contributed by atoms with E-state index < -0.39 is 5.63 Å². The van der Waals surface area contributed by atoms with Crippen molar-refractivity contribution < 1.29 is 13.9 Å². The van der Waals surface area contributed by atoms with Gasteiger partial charge in [-0.15, -0.1) is 0 Å². The van der Waals surface area contributed by atoms with Crippen LogP contribution in [0.25, 0.3) is 21.9 Å². The first kappa shape index (κ1) is 21.8. The van der Waals surface area contributed by atoms with Gasteiger partial charge in [0.05, 0.1) is 18.2 Å². The number of carbonyl (C=O) groups excluding carboxylic acids is 1. The van der Waals surface area contributed by atoms with Crippen molar-refractivity contribution in [2.24, 2.45) is 0 Å². The van der Waals surface area contributed by atoms with Crippen molar-refractivity contribution in [1.82, 2.24) is 4.90 Å². The van der Waals surface area contributed by atoms with Crippen LogP contribution in [0.2, 0.25) is 0 Å². The van der Waals surface area contributed by atoms with Crippen LogP contribution in [-0.4, -0.2) is 44.1 Å². The number of amides is 1. The van der Waals surface area contributed by atoms with Crippen molar-refractivity contribution in [2.75, 3.05) is 38.2 Å².